The molecule has 9 heteroatoms. The third-order valence-electron chi connectivity index (χ3n) is 6.10. The van der Waals surface area contributed by atoms with E-state index in [1.54, 1.807) is 23.5 Å². The van der Waals surface area contributed by atoms with Gasteiger partial charge in [-0.25, -0.2) is 15.0 Å². The van der Waals surface area contributed by atoms with Crippen LogP contribution in [0.25, 0.3) is 28.3 Å². The molecule has 0 amide bonds. The van der Waals surface area contributed by atoms with Crippen LogP contribution in [0.3, 0.4) is 0 Å². The van der Waals surface area contributed by atoms with Crippen molar-refractivity contribution >= 4 is 5.65 Å². The second-order valence-corrected chi connectivity index (χ2v) is 8.65. The molecular formula is C28H24N8O. The highest BCUT2D eigenvalue weighted by atomic mass is 16.5. The number of aryl methyl sites for hydroxylation is 3. The number of pyridine rings is 2. The van der Waals surface area contributed by atoms with Crippen LogP contribution in [0.5, 0.6) is 5.75 Å². The summed E-state index contributed by atoms with van der Waals surface area (Å²) in [6.07, 6.45) is 10.6. The van der Waals surface area contributed by atoms with Crippen molar-refractivity contribution in [2.45, 2.75) is 19.4 Å². The van der Waals surface area contributed by atoms with E-state index in [-0.39, 0.29) is 0 Å². The molecule has 0 unspecified atom stereocenters. The average Bonchev–Trinajstić information content (AvgIpc) is 3.58. The number of imidazole rings is 1. The van der Waals surface area contributed by atoms with Crippen LogP contribution in [0.1, 0.15) is 17.0 Å². The SMILES string of the molecule is Cn1ncc(-c2ccc(CCc3cc(-c4cnc5cc(OCc6ccccn6)ccn45)ncn3)cc2)n1. The van der Waals surface area contributed by atoms with Crippen molar-refractivity contribution in [1.29, 1.82) is 0 Å². The van der Waals surface area contributed by atoms with Gasteiger partial charge in [-0.1, -0.05) is 30.3 Å². The Balaban J connectivity index is 1.14. The molecule has 0 atom stereocenters. The molecule has 0 spiro atoms. The zero-order chi connectivity index (χ0) is 25.0. The summed E-state index contributed by atoms with van der Waals surface area (Å²) in [4.78, 5) is 19.4. The summed E-state index contributed by atoms with van der Waals surface area (Å²) in [6, 6.07) is 20.1. The van der Waals surface area contributed by atoms with Crippen molar-refractivity contribution in [2.75, 3.05) is 0 Å². The average molecular weight is 489 g/mol. The Kier molecular flexibility index (Phi) is 6.08. The fraction of sp³-hybridized carbons (Fsp3) is 0.143. The van der Waals surface area contributed by atoms with Crippen molar-refractivity contribution in [3.8, 4) is 28.4 Å². The van der Waals surface area contributed by atoms with Crippen molar-refractivity contribution in [1.82, 2.24) is 39.3 Å². The molecule has 9 nitrogen and oxygen atoms in total. The second-order valence-electron chi connectivity index (χ2n) is 8.65. The highest BCUT2D eigenvalue weighted by molar-refractivity contribution is 5.61. The zero-order valence-corrected chi connectivity index (χ0v) is 20.3. The fourth-order valence-electron chi connectivity index (χ4n) is 4.15. The summed E-state index contributed by atoms with van der Waals surface area (Å²) < 4.78 is 7.90. The lowest BCUT2D eigenvalue weighted by Crippen LogP contribution is -1.99. The molecule has 0 aliphatic heterocycles. The van der Waals surface area contributed by atoms with Crippen molar-refractivity contribution in [3.63, 3.8) is 0 Å². The minimum Gasteiger partial charge on any atom is -0.487 e. The first-order chi connectivity index (χ1) is 18.2. The fourth-order valence-corrected chi connectivity index (χ4v) is 4.15. The lowest BCUT2D eigenvalue weighted by atomic mass is 10.0. The minimum atomic E-state index is 0.406. The van der Waals surface area contributed by atoms with Gasteiger partial charge in [0, 0.05) is 36.8 Å². The first-order valence-corrected chi connectivity index (χ1v) is 12.0. The largest absolute Gasteiger partial charge is 0.487 e. The van der Waals surface area contributed by atoms with Gasteiger partial charge >= 0.3 is 0 Å². The van der Waals surface area contributed by atoms with Crippen LogP contribution in [0.2, 0.25) is 0 Å². The van der Waals surface area contributed by atoms with Gasteiger partial charge in [0.1, 0.15) is 30.0 Å². The van der Waals surface area contributed by atoms with E-state index in [4.69, 9.17) is 4.74 Å². The van der Waals surface area contributed by atoms with E-state index >= 15 is 0 Å². The third-order valence-corrected chi connectivity index (χ3v) is 6.10. The monoisotopic (exact) mass is 488 g/mol. The maximum atomic E-state index is 5.89. The molecule has 0 bridgehead atoms. The van der Waals surface area contributed by atoms with Crippen molar-refractivity contribution in [3.05, 3.63) is 109 Å². The smallest absolute Gasteiger partial charge is 0.140 e. The van der Waals surface area contributed by atoms with Crippen LogP contribution in [0.4, 0.5) is 0 Å². The number of rotatable bonds is 8. The zero-order valence-electron chi connectivity index (χ0n) is 20.3. The van der Waals surface area contributed by atoms with Gasteiger partial charge in [-0.15, -0.1) is 0 Å². The van der Waals surface area contributed by atoms with Crippen LogP contribution in [-0.4, -0.2) is 39.3 Å². The Labute approximate surface area is 213 Å². The maximum Gasteiger partial charge on any atom is 0.140 e. The summed E-state index contributed by atoms with van der Waals surface area (Å²) in [5.74, 6) is 0.740. The highest BCUT2D eigenvalue weighted by Gasteiger charge is 2.10. The Morgan fingerprint density at radius 1 is 0.811 bits per heavy atom. The maximum absolute atomic E-state index is 5.89. The topological polar surface area (TPSA) is 95.9 Å². The molecule has 5 aromatic heterocycles. The predicted octanol–water partition coefficient (Wildman–Crippen LogP) is 4.35. The molecule has 5 heterocycles. The van der Waals surface area contributed by atoms with E-state index in [1.807, 2.05) is 60.2 Å². The lowest BCUT2D eigenvalue weighted by molar-refractivity contribution is 0.301. The first-order valence-electron chi connectivity index (χ1n) is 12.0. The minimum absolute atomic E-state index is 0.406. The van der Waals surface area contributed by atoms with Gasteiger partial charge in [-0.3, -0.25) is 9.38 Å². The molecule has 1 aromatic carbocycles. The molecule has 0 saturated heterocycles. The van der Waals surface area contributed by atoms with E-state index in [1.165, 1.54) is 5.56 Å². The first kappa shape index (κ1) is 22.5. The quantitative estimate of drug-likeness (QED) is 0.314. The normalized spacial score (nSPS) is 11.2. The van der Waals surface area contributed by atoms with Crippen LogP contribution in [-0.2, 0) is 26.5 Å². The second kappa shape index (κ2) is 9.98. The molecule has 0 saturated carbocycles. The number of hydrogen-bond acceptors (Lipinski definition) is 7. The molecule has 182 valence electrons. The number of fused-ring (bicyclic) bond motifs is 1. The summed E-state index contributed by atoms with van der Waals surface area (Å²) in [6.45, 7) is 0.406. The number of aromatic nitrogens is 8. The molecular weight excluding hydrogens is 464 g/mol. The van der Waals surface area contributed by atoms with Crippen LogP contribution in [0.15, 0.2) is 91.8 Å². The molecule has 0 radical (unpaired) electrons. The number of benzene rings is 1. The van der Waals surface area contributed by atoms with E-state index < -0.39 is 0 Å². The van der Waals surface area contributed by atoms with E-state index in [2.05, 4.69) is 54.4 Å². The summed E-state index contributed by atoms with van der Waals surface area (Å²) in [5, 5.41) is 8.50. The van der Waals surface area contributed by atoms with E-state index in [9.17, 15) is 0 Å². The number of nitrogens with zero attached hydrogens (tertiary/aromatic N) is 8. The molecule has 0 aliphatic carbocycles. The Morgan fingerprint density at radius 2 is 1.73 bits per heavy atom. The Morgan fingerprint density at radius 3 is 2.54 bits per heavy atom. The van der Waals surface area contributed by atoms with Crippen LogP contribution < -0.4 is 4.74 Å². The van der Waals surface area contributed by atoms with Gasteiger partial charge < -0.3 is 4.74 Å². The van der Waals surface area contributed by atoms with Crippen molar-refractivity contribution < 1.29 is 4.74 Å². The highest BCUT2D eigenvalue weighted by Crippen LogP contribution is 2.23. The number of hydrogen-bond donors (Lipinski definition) is 0. The molecule has 37 heavy (non-hydrogen) atoms. The lowest BCUT2D eigenvalue weighted by Gasteiger charge is -2.07. The van der Waals surface area contributed by atoms with Crippen molar-refractivity contribution in [2.24, 2.45) is 7.05 Å². The van der Waals surface area contributed by atoms with E-state index in [0.717, 1.165) is 58.3 Å². The van der Waals surface area contributed by atoms with E-state index in [0.29, 0.717) is 6.61 Å². The predicted molar refractivity (Wildman–Crippen MR) is 139 cm³/mol. The standard InChI is InChI=1S/C28H24N8O/c1-35-33-16-26(34-35)21-8-5-20(6-9-21)7-10-22-14-25(32-19-31-22)27-17-30-28-15-24(11-13-36(27)28)37-18-23-4-2-3-12-29-23/h2-6,8-9,11-17,19H,7,10,18H2,1H3. The van der Waals surface area contributed by atoms with Crippen LogP contribution in [0, 0.1) is 0 Å². The molecule has 6 rings (SSSR count). The van der Waals surface area contributed by atoms with Gasteiger partial charge in [0.05, 0.1) is 29.5 Å². The summed E-state index contributed by atoms with van der Waals surface area (Å²) in [5.41, 5.74) is 7.54. The molecule has 6 aromatic rings. The van der Waals surface area contributed by atoms with Gasteiger partial charge in [0.15, 0.2) is 0 Å². The Hall–Kier alpha value is -4.92. The molecule has 0 fully saturated rings. The summed E-state index contributed by atoms with van der Waals surface area (Å²) in [7, 11) is 1.82. The third kappa shape index (κ3) is 5.06. The Bertz CT molecular complexity index is 1640. The van der Waals surface area contributed by atoms with Gasteiger partial charge in [-0.05, 0) is 42.7 Å². The van der Waals surface area contributed by atoms with Crippen LogP contribution >= 0.6 is 0 Å². The molecule has 0 aliphatic rings. The van der Waals surface area contributed by atoms with Gasteiger partial charge in [0.2, 0.25) is 0 Å². The number of ether oxygens (including phenoxy) is 1. The summed E-state index contributed by atoms with van der Waals surface area (Å²) >= 11 is 0. The molecule has 0 N–H and O–H groups in total. The van der Waals surface area contributed by atoms with Gasteiger partial charge in [0.25, 0.3) is 0 Å². The van der Waals surface area contributed by atoms with Gasteiger partial charge in [-0.2, -0.15) is 15.0 Å².